The van der Waals surface area contributed by atoms with E-state index in [-0.39, 0.29) is 17.0 Å². The highest BCUT2D eigenvalue weighted by Gasteiger charge is 2.29. The Morgan fingerprint density at radius 2 is 2.25 bits per heavy atom. The molecule has 1 saturated heterocycles. The fourth-order valence-corrected chi connectivity index (χ4v) is 3.91. The van der Waals surface area contributed by atoms with Gasteiger partial charge in [0.2, 0.25) is 10.0 Å². The van der Waals surface area contributed by atoms with Gasteiger partial charge < -0.3 is 14.5 Å². The first-order chi connectivity index (χ1) is 9.44. The minimum Gasteiger partial charge on any atom is -0.464 e. The zero-order valence-corrected chi connectivity index (χ0v) is 12.9. The SMILES string of the molecule is CNCc1cc(S(=O)(=O)NC(C)C2CCCO2)c(C)o1. The number of rotatable bonds is 6. The summed E-state index contributed by atoms with van der Waals surface area (Å²) in [5.74, 6) is 1.01. The van der Waals surface area contributed by atoms with Crippen LogP contribution in [0.1, 0.15) is 31.3 Å². The summed E-state index contributed by atoms with van der Waals surface area (Å²) in [4.78, 5) is 0.201. The van der Waals surface area contributed by atoms with Crippen LogP contribution in [0.4, 0.5) is 0 Å². The van der Waals surface area contributed by atoms with Crippen LogP contribution in [0.5, 0.6) is 0 Å². The molecule has 2 atom stereocenters. The number of nitrogens with one attached hydrogen (secondary N) is 2. The summed E-state index contributed by atoms with van der Waals surface area (Å²) in [5, 5.41) is 2.93. The number of sulfonamides is 1. The maximum Gasteiger partial charge on any atom is 0.244 e. The molecular formula is C13H22N2O4S. The van der Waals surface area contributed by atoms with Crippen LogP contribution in [-0.4, -0.2) is 34.2 Å². The molecule has 6 nitrogen and oxygen atoms in total. The fourth-order valence-electron chi connectivity index (χ4n) is 2.43. The summed E-state index contributed by atoms with van der Waals surface area (Å²) in [6, 6.07) is 1.32. The zero-order valence-electron chi connectivity index (χ0n) is 12.1. The van der Waals surface area contributed by atoms with Gasteiger partial charge in [-0.1, -0.05) is 0 Å². The fraction of sp³-hybridized carbons (Fsp3) is 0.692. The summed E-state index contributed by atoms with van der Waals surface area (Å²) >= 11 is 0. The Kier molecular flexibility index (Phi) is 4.85. The molecule has 2 rings (SSSR count). The Balaban J connectivity index is 2.13. The van der Waals surface area contributed by atoms with Gasteiger partial charge in [0.1, 0.15) is 16.4 Å². The minimum atomic E-state index is -3.58. The Morgan fingerprint density at radius 3 is 2.85 bits per heavy atom. The molecular weight excluding hydrogens is 280 g/mol. The summed E-state index contributed by atoms with van der Waals surface area (Å²) in [7, 11) is -1.80. The summed E-state index contributed by atoms with van der Waals surface area (Å²) < 4.78 is 38.4. The lowest BCUT2D eigenvalue weighted by atomic mass is 10.1. The van der Waals surface area contributed by atoms with Crippen molar-refractivity contribution in [3.05, 3.63) is 17.6 Å². The molecule has 0 amide bonds. The van der Waals surface area contributed by atoms with E-state index in [1.165, 1.54) is 0 Å². The maximum atomic E-state index is 12.4. The lowest BCUT2D eigenvalue weighted by Crippen LogP contribution is -2.40. The van der Waals surface area contributed by atoms with Crippen molar-refractivity contribution in [2.24, 2.45) is 0 Å². The van der Waals surface area contributed by atoms with Crippen LogP contribution in [0.2, 0.25) is 0 Å². The van der Waals surface area contributed by atoms with Crippen molar-refractivity contribution < 1.29 is 17.6 Å². The lowest BCUT2D eigenvalue weighted by molar-refractivity contribution is 0.0902. The van der Waals surface area contributed by atoms with Crippen LogP contribution in [0.15, 0.2) is 15.4 Å². The standard InChI is InChI=1S/C13H22N2O4S/c1-9(12-5-4-6-18-12)15-20(16,17)13-7-11(8-14-3)19-10(13)2/h7,9,12,14-15H,4-6,8H2,1-3H3. The van der Waals surface area contributed by atoms with Crippen molar-refractivity contribution in [2.45, 2.75) is 50.3 Å². The Hall–Kier alpha value is -0.890. The van der Waals surface area contributed by atoms with E-state index in [1.54, 1.807) is 20.0 Å². The summed E-state index contributed by atoms with van der Waals surface area (Å²) in [6.07, 6.45) is 1.82. The number of hydrogen-bond acceptors (Lipinski definition) is 5. The predicted molar refractivity (Wildman–Crippen MR) is 75.0 cm³/mol. The van der Waals surface area contributed by atoms with Gasteiger partial charge in [-0.15, -0.1) is 0 Å². The highest BCUT2D eigenvalue weighted by molar-refractivity contribution is 7.89. The van der Waals surface area contributed by atoms with Gasteiger partial charge in [-0.05, 0) is 33.7 Å². The Bertz CT molecular complexity index is 547. The second-order valence-electron chi connectivity index (χ2n) is 5.12. The van der Waals surface area contributed by atoms with Crippen LogP contribution < -0.4 is 10.0 Å². The molecule has 1 aliphatic rings. The summed E-state index contributed by atoms with van der Waals surface area (Å²) in [6.45, 7) is 4.69. The molecule has 0 radical (unpaired) electrons. The van der Waals surface area contributed by atoms with Crippen LogP contribution in [0.3, 0.4) is 0 Å². The van der Waals surface area contributed by atoms with Crippen LogP contribution in [0.25, 0.3) is 0 Å². The van der Waals surface area contributed by atoms with Crippen molar-refractivity contribution in [3.8, 4) is 0 Å². The molecule has 2 unspecified atom stereocenters. The molecule has 0 aromatic carbocycles. The largest absolute Gasteiger partial charge is 0.464 e. The Morgan fingerprint density at radius 1 is 1.50 bits per heavy atom. The first kappa shape index (κ1) is 15.5. The molecule has 1 aromatic rings. The first-order valence-corrected chi connectivity index (χ1v) is 8.30. The Labute approximate surface area is 119 Å². The van der Waals surface area contributed by atoms with Gasteiger partial charge in [0.05, 0.1) is 12.6 Å². The van der Waals surface area contributed by atoms with E-state index < -0.39 is 10.0 Å². The molecule has 0 bridgehead atoms. The normalized spacial score (nSPS) is 21.2. The monoisotopic (exact) mass is 302 g/mol. The van der Waals surface area contributed by atoms with E-state index in [4.69, 9.17) is 9.15 Å². The molecule has 1 aromatic heterocycles. The molecule has 2 N–H and O–H groups in total. The topological polar surface area (TPSA) is 80.6 Å². The third-order valence-corrected chi connectivity index (χ3v) is 5.09. The van der Waals surface area contributed by atoms with E-state index in [0.29, 0.717) is 24.7 Å². The molecule has 2 heterocycles. The quantitative estimate of drug-likeness (QED) is 0.824. The van der Waals surface area contributed by atoms with Crippen LogP contribution >= 0.6 is 0 Å². The highest BCUT2D eigenvalue weighted by atomic mass is 32.2. The van der Waals surface area contributed by atoms with Gasteiger partial charge >= 0.3 is 0 Å². The molecule has 1 aliphatic heterocycles. The van der Waals surface area contributed by atoms with E-state index in [9.17, 15) is 8.42 Å². The molecule has 20 heavy (non-hydrogen) atoms. The lowest BCUT2D eigenvalue weighted by Gasteiger charge is -2.19. The van der Waals surface area contributed by atoms with Crippen LogP contribution in [-0.2, 0) is 21.3 Å². The number of furan rings is 1. The smallest absolute Gasteiger partial charge is 0.244 e. The van der Waals surface area contributed by atoms with Crippen molar-refractivity contribution in [1.29, 1.82) is 0 Å². The van der Waals surface area contributed by atoms with Crippen LogP contribution in [0, 0.1) is 6.92 Å². The van der Waals surface area contributed by atoms with Crippen molar-refractivity contribution in [3.63, 3.8) is 0 Å². The minimum absolute atomic E-state index is 0.0474. The second kappa shape index (κ2) is 6.26. The predicted octanol–water partition coefficient (Wildman–Crippen LogP) is 1.15. The number of ether oxygens (including phenoxy) is 1. The van der Waals surface area contributed by atoms with E-state index in [1.807, 2.05) is 6.92 Å². The molecule has 0 saturated carbocycles. The molecule has 114 valence electrons. The number of hydrogen-bond donors (Lipinski definition) is 2. The highest BCUT2D eigenvalue weighted by Crippen LogP contribution is 2.22. The molecule has 0 aliphatic carbocycles. The third-order valence-electron chi connectivity index (χ3n) is 3.43. The zero-order chi connectivity index (χ0) is 14.8. The molecule has 0 spiro atoms. The molecule has 1 fully saturated rings. The van der Waals surface area contributed by atoms with Gasteiger partial charge in [0, 0.05) is 18.7 Å². The average molecular weight is 302 g/mol. The van der Waals surface area contributed by atoms with E-state index in [2.05, 4.69) is 10.0 Å². The average Bonchev–Trinajstić information content (AvgIpc) is 2.98. The third kappa shape index (κ3) is 3.41. The van der Waals surface area contributed by atoms with Gasteiger partial charge in [0.15, 0.2) is 0 Å². The number of aryl methyl sites for hydroxylation is 1. The van der Waals surface area contributed by atoms with E-state index in [0.717, 1.165) is 12.8 Å². The molecule has 7 heteroatoms. The van der Waals surface area contributed by atoms with Crippen molar-refractivity contribution >= 4 is 10.0 Å². The van der Waals surface area contributed by atoms with Gasteiger partial charge in [-0.25, -0.2) is 13.1 Å². The van der Waals surface area contributed by atoms with Crippen molar-refractivity contribution in [2.75, 3.05) is 13.7 Å². The summed E-state index contributed by atoms with van der Waals surface area (Å²) in [5.41, 5.74) is 0. The first-order valence-electron chi connectivity index (χ1n) is 6.82. The van der Waals surface area contributed by atoms with Gasteiger partial charge in [0.25, 0.3) is 0 Å². The van der Waals surface area contributed by atoms with Gasteiger partial charge in [-0.3, -0.25) is 0 Å². The van der Waals surface area contributed by atoms with Crippen molar-refractivity contribution in [1.82, 2.24) is 10.0 Å². The van der Waals surface area contributed by atoms with E-state index >= 15 is 0 Å². The maximum absolute atomic E-state index is 12.4. The second-order valence-corrected chi connectivity index (χ2v) is 6.81. The van der Waals surface area contributed by atoms with Gasteiger partial charge in [-0.2, -0.15) is 0 Å².